The average molecular weight is 231 g/mol. The lowest BCUT2D eigenvalue weighted by atomic mass is 10.2. The maximum absolute atomic E-state index is 5.87. The summed E-state index contributed by atoms with van der Waals surface area (Å²) in [6, 6.07) is 0. The van der Waals surface area contributed by atoms with Gasteiger partial charge in [0, 0.05) is 5.25 Å². The number of nitrogens with zero attached hydrogens (tertiary/aromatic N) is 2. The summed E-state index contributed by atoms with van der Waals surface area (Å²) < 4.78 is 0. The molecule has 0 radical (unpaired) electrons. The van der Waals surface area contributed by atoms with Crippen molar-refractivity contribution in [2.45, 2.75) is 44.4 Å². The van der Waals surface area contributed by atoms with E-state index in [0.29, 0.717) is 10.4 Å². The zero-order valence-electron chi connectivity index (χ0n) is 8.97. The van der Waals surface area contributed by atoms with Gasteiger partial charge in [0.05, 0.1) is 0 Å². The van der Waals surface area contributed by atoms with Crippen molar-refractivity contribution >= 4 is 23.4 Å². The molecule has 0 aliphatic carbocycles. The summed E-state index contributed by atoms with van der Waals surface area (Å²) in [6.45, 7) is 8.38. The van der Waals surface area contributed by atoms with E-state index in [1.54, 1.807) is 11.8 Å². The summed E-state index contributed by atoms with van der Waals surface area (Å²) in [5.41, 5.74) is 2.18. The van der Waals surface area contributed by atoms with Gasteiger partial charge in [0.2, 0.25) is 0 Å². The van der Waals surface area contributed by atoms with Crippen LogP contribution >= 0.6 is 23.4 Å². The highest BCUT2D eigenvalue weighted by Crippen LogP contribution is 2.28. The molecule has 0 aromatic carbocycles. The van der Waals surface area contributed by atoms with E-state index in [1.807, 2.05) is 13.8 Å². The molecule has 2 nitrogen and oxygen atoms in total. The molecule has 1 rings (SSSR count). The fraction of sp³-hybridized carbons (Fsp3) is 0.600. The first-order valence-corrected chi connectivity index (χ1v) is 5.98. The molecule has 0 N–H and O–H groups in total. The van der Waals surface area contributed by atoms with Gasteiger partial charge < -0.3 is 0 Å². The molecule has 1 heterocycles. The Labute approximate surface area is 94.5 Å². The van der Waals surface area contributed by atoms with Crippen LogP contribution in [-0.4, -0.2) is 15.4 Å². The molecule has 1 unspecified atom stereocenters. The fourth-order valence-electron chi connectivity index (χ4n) is 0.940. The van der Waals surface area contributed by atoms with Gasteiger partial charge in [0.1, 0.15) is 5.03 Å². The predicted octanol–water partition coefficient (Wildman–Crippen LogP) is 3.64. The first kappa shape index (κ1) is 11.8. The third-order valence-electron chi connectivity index (χ3n) is 2.31. The van der Waals surface area contributed by atoms with Crippen molar-refractivity contribution in [2.75, 3.05) is 0 Å². The molecular formula is C10H15ClN2S. The Balaban J connectivity index is 2.94. The summed E-state index contributed by atoms with van der Waals surface area (Å²) in [4.78, 5) is 0. The molecule has 0 saturated carbocycles. The molecule has 78 valence electrons. The van der Waals surface area contributed by atoms with E-state index < -0.39 is 0 Å². The third kappa shape index (κ3) is 2.61. The van der Waals surface area contributed by atoms with Crippen LogP contribution in [0, 0.1) is 13.8 Å². The number of hydrogen-bond acceptors (Lipinski definition) is 3. The van der Waals surface area contributed by atoms with Crippen molar-refractivity contribution in [1.29, 1.82) is 0 Å². The summed E-state index contributed by atoms with van der Waals surface area (Å²) >= 11 is 7.63. The summed E-state index contributed by atoms with van der Waals surface area (Å²) in [7, 11) is 0. The molecular weight excluding hydrogens is 216 g/mol. The van der Waals surface area contributed by atoms with Gasteiger partial charge in [0.25, 0.3) is 0 Å². The van der Waals surface area contributed by atoms with E-state index in [2.05, 4.69) is 24.0 Å². The quantitative estimate of drug-likeness (QED) is 0.742. The van der Waals surface area contributed by atoms with Crippen LogP contribution in [0.2, 0.25) is 5.15 Å². The van der Waals surface area contributed by atoms with Crippen molar-refractivity contribution in [3.8, 4) is 0 Å². The maximum Gasteiger partial charge on any atom is 0.154 e. The third-order valence-corrected chi connectivity index (χ3v) is 4.01. The molecule has 0 amide bonds. The van der Waals surface area contributed by atoms with Crippen LogP contribution in [0.25, 0.3) is 0 Å². The van der Waals surface area contributed by atoms with Crippen molar-refractivity contribution in [3.63, 3.8) is 0 Å². The topological polar surface area (TPSA) is 25.8 Å². The van der Waals surface area contributed by atoms with Crippen LogP contribution in [0.15, 0.2) is 5.03 Å². The van der Waals surface area contributed by atoms with Crippen molar-refractivity contribution in [3.05, 3.63) is 16.3 Å². The van der Waals surface area contributed by atoms with Crippen molar-refractivity contribution < 1.29 is 0 Å². The van der Waals surface area contributed by atoms with Crippen LogP contribution in [0.1, 0.15) is 31.4 Å². The Kier molecular flexibility index (Phi) is 4.20. The van der Waals surface area contributed by atoms with Gasteiger partial charge in [-0.25, -0.2) is 0 Å². The molecule has 1 aromatic rings. The molecule has 1 aromatic heterocycles. The monoisotopic (exact) mass is 230 g/mol. The van der Waals surface area contributed by atoms with E-state index in [-0.39, 0.29) is 0 Å². The maximum atomic E-state index is 5.87. The lowest BCUT2D eigenvalue weighted by Gasteiger charge is -2.10. The molecule has 0 bridgehead atoms. The van der Waals surface area contributed by atoms with Gasteiger partial charge in [0.15, 0.2) is 5.15 Å². The highest BCUT2D eigenvalue weighted by Gasteiger charge is 2.10. The van der Waals surface area contributed by atoms with E-state index in [1.165, 1.54) is 0 Å². The van der Waals surface area contributed by atoms with Gasteiger partial charge in [-0.2, -0.15) is 0 Å². The second kappa shape index (κ2) is 4.99. The standard InChI is InChI=1S/C10H15ClN2S/c1-5-6(2)14-10-8(4)7(3)9(11)12-13-10/h6H,5H2,1-4H3. The highest BCUT2D eigenvalue weighted by atomic mass is 35.5. The van der Waals surface area contributed by atoms with Gasteiger partial charge in [-0.15, -0.1) is 22.0 Å². The normalized spacial score (nSPS) is 12.9. The van der Waals surface area contributed by atoms with Crippen molar-refractivity contribution in [2.24, 2.45) is 0 Å². The van der Waals surface area contributed by atoms with Crippen LogP contribution in [0.3, 0.4) is 0 Å². The lowest BCUT2D eigenvalue weighted by Crippen LogP contribution is -1.99. The number of thioether (sulfide) groups is 1. The second-order valence-electron chi connectivity index (χ2n) is 3.38. The van der Waals surface area contributed by atoms with Crippen LogP contribution in [0.5, 0.6) is 0 Å². The Hall–Kier alpha value is -0.280. The van der Waals surface area contributed by atoms with Gasteiger partial charge in [-0.3, -0.25) is 0 Å². The highest BCUT2D eigenvalue weighted by molar-refractivity contribution is 7.99. The second-order valence-corrected chi connectivity index (χ2v) is 5.17. The van der Waals surface area contributed by atoms with E-state index in [4.69, 9.17) is 11.6 Å². The largest absolute Gasteiger partial charge is 0.154 e. The first-order valence-electron chi connectivity index (χ1n) is 4.72. The van der Waals surface area contributed by atoms with Gasteiger partial charge in [-0.05, 0) is 31.4 Å². The Morgan fingerprint density at radius 2 is 1.93 bits per heavy atom. The zero-order chi connectivity index (χ0) is 10.7. The Morgan fingerprint density at radius 1 is 1.29 bits per heavy atom. The van der Waals surface area contributed by atoms with Gasteiger partial charge in [-0.1, -0.05) is 25.4 Å². The van der Waals surface area contributed by atoms with E-state index >= 15 is 0 Å². The Morgan fingerprint density at radius 3 is 2.50 bits per heavy atom. The first-order chi connectivity index (χ1) is 6.56. The molecule has 14 heavy (non-hydrogen) atoms. The lowest BCUT2D eigenvalue weighted by molar-refractivity contribution is 0.864. The summed E-state index contributed by atoms with van der Waals surface area (Å²) in [5, 5.41) is 10.1. The fourth-order valence-corrected chi connectivity index (χ4v) is 2.09. The number of aromatic nitrogens is 2. The molecule has 0 aliphatic rings. The average Bonchev–Trinajstić information content (AvgIpc) is 2.19. The van der Waals surface area contributed by atoms with Gasteiger partial charge >= 0.3 is 0 Å². The van der Waals surface area contributed by atoms with Crippen LogP contribution in [-0.2, 0) is 0 Å². The number of rotatable bonds is 3. The molecule has 1 atom stereocenters. The molecule has 0 fully saturated rings. The zero-order valence-corrected chi connectivity index (χ0v) is 10.5. The predicted molar refractivity (Wildman–Crippen MR) is 62.1 cm³/mol. The molecule has 4 heteroatoms. The number of halogens is 1. The van der Waals surface area contributed by atoms with Crippen LogP contribution < -0.4 is 0 Å². The minimum absolute atomic E-state index is 0.510. The van der Waals surface area contributed by atoms with Crippen LogP contribution in [0.4, 0.5) is 0 Å². The number of hydrogen-bond donors (Lipinski definition) is 0. The minimum atomic E-state index is 0.510. The summed E-state index contributed by atoms with van der Waals surface area (Å²) in [5.74, 6) is 0. The molecule has 0 saturated heterocycles. The van der Waals surface area contributed by atoms with Crippen molar-refractivity contribution in [1.82, 2.24) is 10.2 Å². The molecule has 0 spiro atoms. The smallest absolute Gasteiger partial charge is 0.142 e. The summed E-state index contributed by atoms with van der Waals surface area (Å²) in [6.07, 6.45) is 1.13. The molecule has 0 aliphatic heterocycles. The SMILES string of the molecule is CCC(C)Sc1nnc(Cl)c(C)c1C. The Bertz CT molecular complexity index is 328. The minimum Gasteiger partial charge on any atom is -0.142 e. The van der Waals surface area contributed by atoms with E-state index in [9.17, 15) is 0 Å². The van der Waals surface area contributed by atoms with E-state index in [0.717, 1.165) is 22.6 Å².